The molecule has 0 fully saturated rings. The summed E-state index contributed by atoms with van der Waals surface area (Å²) in [4.78, 5) is 17.1. The highest BCUT2D eigenvalue weighted by Gasteiger charge is 2.21. The molecule has 0 saturated heterocycles. The molecule has 2 aromatic carbocycles. The topological polar surface area (TPSA) is 77.2 Å². The normalized spacial score (nSPS) is 11.0. The van der Waals surface area contributed by atoms with E-state index < -0.39 is 0 Å². The summed E-state index contributed by atoms with van der Waals surface area (Å²) in [7, 11) is 1.58. The van der Waals surface area contributed by atoms with Gasteiger partial charge in [0.2, 0.25) is 5.13 Å². The van der Waals surface area contributed by atoms with Gasteiger partial charge in [0.1, 0.15) is 5.58 Å². The van der Waals surface area contributed by atoms with Crippen LogP contribution in [0.3, 0.4) is 0 Å². The van der Waals surface area contributed by atoms with Crippen molar-refractivity contribution in [2.24, 2.45) is 0 Å². The Labute approximate surface area is 153 Å². The summed E-state index contributed by atoms with van der Waals surface area (Å²) >= 11 is 1.13. The Hall–Kier alpha value is -3.03. The molecule has 1 amide bonds. The predicted molar refractivity (Wildman–Crippen MR) is 100 cm³/mol. The van der Waals surface area contributed by atoms with Crippen LogP contribution in [0.2, 0.25) is 0 Å². The minimum atomic E-state index is -0.371. The standard InChI is InChI=1S/C19H15N3O3S/c1-24-11-14-13-9-5-6-10-15(13)25-16(14)18(23)21-19-20-17(22-26-19)12-7-3-2-4-8-12/h2-10H,11H2,1H3,(H,20,21,22,23). The van der Waals surface area contributed by atoms with Crippen molar-refractivity contribution in [1.82, 2.24) is 9.36 Å². The van der Waals surface area contributed by atoms with E-state index in [9.17, 15) is 4.79 Å². The third-order valence-electron chi connectivity index (χ3n) is 3.87. The number of aromatic nitrogens is 2. The Balaban J connectivity index is 1.62. The monoisotopic (exact) mass is 365 g/mol. The van der Waals surface area contributed by atoms with Crippen molar-refractivity contribution < 1.29 is 13.9 Å². The van der Waals surface area contributed by atoms with Gasteiger partial charge in [-0.25, -0.2) is 0 Å². The third-order valence-corrected chi connectivity index (χ3v) is 4.50. The Kier molecular flexibility index (Phi) is 4.47. The molecular formula is C19H15N3O3S. The van der Waals surface area contributed by atoms with Crippen molar-refractivity contribution in [2.75, 3.05) is 12.4 Å². The number of anilines is 1. The van der Waals surface area contributed by atoms with Crippen molar-refractivity contribution in [3.8, 4) is 11.4 Å². The number of carbonyl (C=O) groups is 1. The first-order chi connectivity index (χ1) is 12.8. The zero-order chi connectivity index (χ0) is 17.9. The van der Waals surface area contributed by atoms with Crippen LogP contribution in [0.5, 0.6) is 0 Å². The van der Waals surface area contributed by atoms with Gasteiger partial charge in [0, 0.05) is 35.2 Å². The molecule has 0 aliphatic carbocycles. The van der Waals surface area contributed by atoms with E-state index in [0.717, 1.165) is 22.5 Å². The lowest BCUT2D eigenvalue weighted by Crippen LogP contribution is -2.13. The number of methoxy groups -OCH3 is 1. The highest BCUT2D eigenvalue weighted by atomic mass is 32.1. The number of hydrogen-bond acceptors (Lipinski definition) is 6. The summed E-state index contributed by atoms with van der Waals surface area (Å²) in [5.41, 5.74) is 2.26. The number of furan rings is 1. The molecule has 0 bridgehead atoms. The third kappa shape index (κ3) is 3.10. The minimum Gasteiger partial charge on any atom is -0.451 e. The number of fused-ring (bicyclic) bond motifs is 1. The molecule has 0 aliphatic rings. The van der Waals surface area contributed by atoms with E-state index in [0.29, 0.717) is 22.1 Å². The molecule has 0 saturated carbocycles. The molecule has 130 valence electrons. The SMILES string of the molecule is COCc1c(C(=O)Nc2nc(-c3ccccc3)ns2)oc2ccccc12. The average Bonchev–Trinajstić information content (AvgIpc) is 3.28. The molecule has 0 atom stereocenters. The molecule has 0 radical (unpaired) electrons. The molecular weight excluding hydrogens is 350 g/mol. The zero-order valence-electron chi connectivity index (χ0n) is 13.9. The summed E-state index contributed by atoms with van der Waals surface area (Å²) in [5, 5.41) is 4.04. The largest absolute Gasteiger partial charge is 0.451 e. The maximum absolute atomic E-state index is 12.7. The summed E-state index contributed by atoms with van der Waals surface area (Å²) in [6.45, 7) is 0.283. The van der Waals surface area contributed by atoms with E-state index in [-0.39, 0.29) is 18.3 Å². The van der Waals surface area contributed by atoms with Gasteiger partial charge >= 0.3 is 0 Å². The van der Waals surface area contributed by atoms with Gasteiger partial charge in [-0.05, 0) is 6.07 Å². The van der Waals surface area contributed by atoms with Crippen LogP contribution >= 0.6 is 11.5 Å². The lowest BCUT2D eigenvalue weighted by Gasteiger charge is -2.02. The highest BCUT2D eigenvalue weighted by molar-refractivity contribution is 7.10. The molecule has 0 spiro atoms. The van der Waals surface area contributed by atoms with Gasteiger partial charge in [-0.2, -0.15) is 9.36 Å². The number of amides is 1. The molecule has 26 heavy (non-hydrogen) atoms. The first kappa shape index (κ1) is 16.4. The first-order valence-electron chi connectivity index (χ1n) is 7.96. The summed E-state index contributed by atoms with van der Waals surface area (Å²) in [6.07, 6.45) is 0. The molecule has 2 aromatic heterocycles. The first-order valence-corrected chi connectivity index (χ1v) is 8.73. The van der Waals surface area contributed by atoms with Crippen molar-refractivity contribution in [3.05, 3.63) is 65.9 Å². The number of nitrogens with zero attached hydrogens (tertiary/aromatic N) is 2. The van der Waals surface area contributed by atoms with Crippen molar-refractivity contribution >= 4 is 33.5 Å². The van der Waals surface area contributed by atoms with Gasteiger partial charge < -0.3 is 9.15 Å². The van der Waals surface area contributed by atoms with Gasteiger partial charge in [0.15, 0.2) is 11.6 Å². The quantitative estimate of drug-likeness (QED) is 0.569. The average molecular weight is 365 g/mol. The second kappa shape index (κ2) is 7.07. The Morgan fingerprint density at radius 3 is 2.73 bits per heavy atom. The summed E-state index contributed by atoms with van der Waals surface area (Å²) in [6, 6.07) is 17.1. The predicted octanol–water partition coefficient (Wildman–Crippen LogP) is 4.35. The van der Waals surface area contributed by atoms with Crippen LogP contribution in [-0.4, -0.2) is 22.4 Å². The minimum absolute atomic E-state index is 0.226. The van der Waals surface area contributed by atoms with E-state index in [1.807, 2.05) is 54.6 Å². The van der Waals surface area contributed by atoms with Crippen LogP contribution in [0.1, 0.15) is 16.1 Å². The molecule has 6 nitrogen and oxygen atoms in total. The lowest BCUT2D eigenvalue weighted by atomic mass is 10.1. The zero-order valence-corrected chi connectivity index (χ0v) is 14.7. The fourth-order valence-corrected chi connectivity index (χ4v) is 3.29. The Bertz CT molecular complexity index is 1060. The molecule has 4 aromatic rings. The fourth-order valence-electron chi connectivity index (χ4n) is 2.70. The number of benzene rings is 2. The van der Waals surface area contributed by atoms with Crippen LogP contribution < -0.4 is 5.32 Å². The molecule has 0 aliphatic heterocycles. The smallest absolute Gasteiger partial charge is 0.293 e. The van der Waals surface area contributed by atoms with Crippen LogP contribution in [0.4, 0.5) is 5.13 Å². The second-order valence-electron chi connectivity index (χ2n) is 5.58. The van der Waals surface area contributed by atoms with E-state index in [1.54, 1.807) is 7.11 Å². The van der Waals surface area contributed by atoms with Crippen molar-refractivity contribution in [1.29, 1.82) is 0 Å². The van der Waals surface area contributed by atoms with E-state index in [2.05, 4.69) is 14.7 Å². The maximum atomic E-state index is 12.7. The Morgan fingerprint density at radius 1 is 1.15 bits per heavy atom. The number of para-hydroxylation sites is 1. The number of rotatable bonds is 5. The second-order valence-corrected chi connectivity index (χ2v) is 6.33. The Morgan fingerprint density at radius 2 is 1.92 bits per heavy atom. The van der Waals surface area contributed by atoms with E-state index >= 15 is 0 Å². The molecule has 2 heterocycles. The molecule has 7 heteroatoms. The fraction of sp³-hybridized carbons (Fsp3) is 0.105. The van der Waals surface area contributed by atoms with Crippen molar-refractivity contribution in [2.45, 2.75) is 6.61 Å². The van der Waals surface area contributed by atoms with Gasteiger partial charge in [-0.1, -0.05) is 48.5 Å². The number of nitrogens with one attached hydrogen (secondary N) is 1. The lowest BCUT2D eigenvalue weighted by molar-refractivity contribution is 0.0992. The van der Waals surface area contributed by atoms with E-state index in [1.165, 1.54) is 0 Å². The molecule has 1 N–H and O–H groups in total. The summed E-state index contributed by atoms with van der Waals surface area (Å²) < 4.78 is 15.3. The maximum Gasteiger partial charge on any atom is 0.293 e. The number of hydrogen-bond donors (Lipinski definition) is 1. The van der Waals surface area contributed by atoms with Crippen LogP contribution in [0, 0.1) is 0 Å². The van der Waals surface area contributed by atoms with Crippen LogP contribution in [0.25, 0.3) is 22.4 Å². The molecule has 4 rings (SSSR count). The van der Waals surface area contributed by atoms with E-state index in [4.69, 9.17) is 9.15 Å². The van der Waals surface area contributed by atoms with Crippen LogP contribution in [0.15, 0.2) is 59.0 Å². The summed E-state index contributed by atoms with van der Waals surface area (Å²) in [5.74, 6) is 0.432. The van der Waals surface area contributed by atoms with Gasteiger partial charge in [0.05, 0.1) is 6.61 Å². The van der Waals surface area contributed by atoms with Gasteiger partial charge in [0.25, 0.3) is 5.91 Å². The molecule has 0 unspecified atom stereocenters. The number of carbonyl (C=O) groups excluding carboxylic acids is 1. The number of ether oxygens (including phenoxy) is 1. The van der Waals surface area contributed by atoms with Crippen LogP contribution in [-0.2, 0) is 11.3 Å². The van der Waals surface area contributed by atoms with Gasteiger partial charge in [-0.15, -0.1) is 0 Å². The highest BCUT2D eigenvalue weighted by Crippen LogP contribution is 2.28. The van der Waals surface area contributed by atoms with Gasteiger partial charge in [-0.3, -0.25) is 10.1 Å². The van der Waals surface area contributed by atoms with Crippen molar-refractivity contribution in [3.63, 3.8) is 0 Å².